The molecule has 0 spiro atoms. The highest BCUT2D eigenvalue weighted by Crippen LogP contribution is 2.25. The topological polar surface area (TPSA) is 41.5 Å². The van der Waals surface area contributed by atoms with E-state index in [9.17, 15) is 5.11 Å². The second-order valence-corrected chi connectivity index (χ2v) is 4.95. The molecule has 0 fully saturated rings. The highest BCUT2D eigenvalue weighted by atomic mass is 16.5. The number of hydrogen-bond donors (Lipinski definition) is 2. The molecule has 1 aliphatic heterocycles. The fourth-order valence-corrected chi connectivity index (χ4v) is 2.11. The van der Waals surface area contributed by atoms with Crippen LogP contribution in [0.2, 0.25) is 0 Å². The first-order chi connectivity index (χ1) is 8.20. The Morgan fingerprint density at radius 1 is 1.41 bits per heavy atom. The summed E-state index contributed by atoms with van der Waals surface area (Å²) < 4.78 is 5.48. The fourth-order valence-electron chi connectivity index (χ4n) is 2.11. The van der Waals surface area contributed by atoms with E-state index in [1.165, 1.54) is 11.1 Å². The molecule has 1 heterocycles. The van der Waals surface area contributed by atoms with Crippen molar-refractivity contribution in [1.82, 2.24) is 5.32 Å². The van der Waals surface area contributed by atoms with E-state index in [0.717, 1.165) is 25.3 Å². The molecular weight excluding hydrogens is 214 g/mol. The average Bonchev–Trinajstić information content (AvgIpc) is 2.76. The van der Waals surface area contributed by atoms with Crippen LogP contribution >= 0.6 is 0 Å². The predicted molar refractivity (Wildman–Crippen MR) is 68.2 cm³/mol. The van der Waals surface area contributed by atoms with Crippen LogP contribution < -0.4 is 10.1 Å². The van der Waals surface area contributed by atoms with Crippen molar-refractivity contribution in [3.63, 3.8) is 0 Å². The first kappa shape index (κ1) is 12.4. The van der Waals surface area contributed by atoms with E-state index >= 15 is 0 Å². The first-order valence-electron chi connectivity index (χ1n) is 6.29. The Hall–Kier alpha value is -1.06. The minimum absolute atomic E-state index is 0.166. The molecule has 0 saturated heterocycles. The molecule has 0 aromatic heterocycles. The molecule has 0 saturated carbocycles. The summed E-state index contributed by atoms with van der Waals surface area (Å²) >= 11 is 0. The second kappa shape index (κ2) is 5.52. The van der Waals surface area contributed by atoms with E-state index in [2.05, 4.69) is 31.3 Å². The second-order valence-electron chi connectivity index (χ2n) is 4.95. The average molecular weight is 235 g/mol. The normalized spacial score (nSPS) is 15.8. The monoisotopic (exact) mass is 235 g/mol. The van der Waals surface area contributed by atoms with E-state index in [1.807, 2.05) is 6.07 Å². The number of aliphatic hydroxyl groups excluding tert-OH is 1. The van der Waals surface area contributed by atoms with Crippen LogP contribution in [0.1, 0.15) is 25.0 Å². The van der Waals surface area contributed by atoms with Crippen molar-refractivity contribution in [2.75, 3.05) is 13.2 Å². The van der Waals surface area contributed by atoms with Gasteiger partial charge in [0.05, 0.1) is 13.2 Å². The van der Waals surface area contributed by atoms with Crippen LogP contribution in [0.15, 0.2) is 18.2 Å². The summed E-state index contributed by atoms with van der Waals surface area (Å²) in [7, 11) is 0. The molecule has 3 heteroatoms. The lowest BCUT2D eigenvalue weighted by atomic mass is 10.0. The number of rotatable bonds is 5. The summed E-state index contributed by atoms with van der Waals surface area (Å²) in [6.45, 7) is 6.02. The van der Waals surface area contributed by atoms with Crippen molar-refractivity contribution in [3.05, 3.63) is 29.3 Å². The van der Waals surface area contributed by atoms with E-state index in [0.29, 0.717) is 5.92 Å². The highest BCUT2D eigenvalue weighted by Gasteiger charge is 2.14. The maximum Gasteiger partial charge on any atom is 0.122 e. The summed E-state index contributed by atoms with van der Waals surface area (Å²) in [5.41, 5.74) is 2.56. The van der Waals surface area contributed by atoms with Gasteiger partial charge in [0.2, 0.25) is 0 Å². The molecule has 3 nitrogen and oxygen atoms in total. The predicted octanol–water partition coefficient (Wildman–Crippen LogP) is 1.73. The zero-order valence-electron chi connectivity index (χ0n) is 10.6. The molecule has 0 bridgehead atoms. The van der Waals surface area contributed by atoms with Gasteiger partial charge < -0.3 is 15.2 Å². The largest absolute Gasteiger partial charge is 0.493 e. The van der Waals surface area contributed by atoms with Crippen LogP contribution in [-0.4, -0.2) is 24.4 Å². The number of fused-ring (bicyclic) bond motifs is 1. The molecule has 0 aliphatic carbocycles. The number of hydrogen-bond acceptors (Lipinski definition) is 3. The minimum Gasteiger partial charge on any atom is -0.493 e. The summed E-state index contributed by atoms with van der Waals surface area (Å²) in [5, 5.41) is 12.6. The van der Waals surface area contributed by atoms with Crippen LogP contribution in [0, 0.1) is 5.92 Å². The molecule has 1 aromatic rings. The Morgan fingerprint density at radius 3 is 2.94 bits per heavy atom. The quantitative estimate of drug-likeness (QED) is 0.816. The smallest absolute Gasteiger partial charge is 0.122 e. The molecule has 17 heavy (non-hydrogen) atoms. The van der Waals surface area contributed by atoms with E-state index in [-0.39, 0.29) is 12.6 Å². The summed E-state index contributed by atoms with van der Waals surface area (Å²) in [6, 6.07) is 6.50. The molecule has 2 rings (SSSR count). The van der Waals surface area contributed by atoms with Gasteiger partial charge in [0.1, 0.15) is 5.75 Å². The van der Waals surface area contributed by atoms with Gasteiger partial charge in [-0.15, -0.1) is 0 Å². The minimum atomic E-state index is 0.166. The third kappa shape index (κ3) is 2.99. The van der Waals surface area contributed by atoms with E-state index in [4.69, 9.17) is 4.74 Å². The number of benzene rings is 1. The maximum absolute atomic E-state index is 9.25. The van der Waals surface area contributed by atoms with Crippen LogP contribution in [-0.2, 0) is 13.0 Å². The van der Waals surface area contributed by atoms with Crippen LogP contribution in [0.4, 0.5) is 0 Å². The Kier molecular flexibility index (Phi) is 4.02. The van der Waals surface area contributed by atoms with Crippen molar-refractivity contribution in [1.29, 1.82) is 0 Å². The van der Waals surface area contributed by atoms with Gasteiger partial charge in [0, 0.05) is 19.0 Å². The van der Waals surface area contributed by atoms with Gasteiger partial charge in [-0.05, 0) is 23.1 Å². The van der Waals surface area contributed by atoms with Crippen molar-refractivity contribution in [3.8, 4) is 5.75 Å². The third-order valence-corrected chi connectivity index (χ3v) is 3.32. The zero-order chi connectivity index (χ0) is 12.3. The van der Waals surface area contributed by atoms with Crippen molar-refractivity contribution >= 4 is 0 Å². The van der Waals surface area contributed by atoms with E-state index in [1.54, 1.807) is 0 Å². The van der Waals surface area contributed by atoms with Crippen molar-refractivity contribution < 1.29 is 9.84 Å². The van der Waals surface area contributed by atoms with Crippen molar-refractivity contribution in [2.45, 2.75) is 32.9 Å². The molecule has 0 amide bonds. The summed E-state index contributed by atoms with van der Waals surface area (Å²) in [5.74, 6) is 1.47. The van der Waals surface area contributed by atoms with Gasteiger partial charge >= 0.3 is 0 Å². The molecular formula is C14H21NO2. The molecule has 1 atom stereocenters. The number of nitrogens with one attached hydrogen (secondary N) is 1. The molecule has 94 valence electrons. The Morgan fingerprint density at radius 2 is 2.24 bits per heavy atom. The number of aliphatic hydroxyl groups is 1. The summed E-state index contributed by atoms with van der Waals surface area (Å²) in [4.78, 5) is 0. The lowest BCUT2D eigenvalue weighted by Gasteiger charge is -2.20. The molecule has 1 aliphatic rings. The fraction of sp³-hybridized carbons (Fsp3) is 0.571. The molecule has 2 N–H and O–H groups in total. The third-order valence-electron chi connectivity index (χ3n) is 3.32. The lowest BCUT2D eigenvalue weighted by Crippen LogP contribution is -2.36. The van der Waals surface area contributed by atoms with E-state index < -0.39 is 0 Å². The van der Waals surface area contributed by atoms with Crippen LogP contribution in [0.3, 0.4) is 0 Å². The molecule has 1 aromatic carbocycles. The van der Waals surface area contributed by atoms with Gasteiger partial charge in [-0.1, -0.05) is 26.0 Å². The Labute approximate surface area is 103 Å². The van der Waals surface area contributed by atoms with Crippen LogP contribution in [0.5, 0.6) is 5.75 Å². The zero-order valence-corrected chi connectivity index (χ0v) is 10.6. The highest BCUT2D eigenvalue weighted by molar-refractivity contribution is 5.39. The first-order valence-corrected chi connectivity index (χ1v) is 6.29. The molecule has 0 radical (unpaired) electrons. The SMILES string of the molecule is CC(C)[C@@H](CO)NCc1ccc2c(c1)CCO2. The molecule has 0 unspecified atom stereocenters. The van der Waals surface area contributed by atoms with Crippen molar-refractivity contribution in [2.24, 2.45) is 5.92 Å². The van der Waals surface area contributed by atoms with Gasteiger partial charge in [-0.3, -0.25) is 0 Å². The Balaban J connectivity index is 1.95. The Bertz CT molecular complexity index is 376. The maximum atomic E-state index is 9.25. The standard InChI is InChI=1S/C14H21NO2/c1-10(2)13(9-16)15-8-11-3-4-14-12(7-11)5-6-17-14/h3-4,7,10,13,15-16H,5-6,8-9H2,1-2H3/t13-/m1/s1. The lowest BCUT2D eigenvalue weighted by molar-refractivity contribution is 0.210. The van der Waals surface area contributed by atoms with Crippen LogP contribution in [0.25, 0.3) is 0 Å². The van der Waals surface area contributed by atoms with Gasteiger partial charge in [0.15, 0.2) is 0 Å². The van der Waals surface area contributed by atoms with Gasteiger partial charge in [-0.2, -0.15) is 0 Å². The number of ether oxygens (including phenoxy) is 1. The van der Waals surface area contributed by atoms with Gasteiger partial charge in [0.25, 0.3) is 0 Å². The summed E-state index contributed by atoms with van der Waals surface area (Å²) in [6.07, 6.45) is 1.01. The van der Waals surface area contributed by atoms with Gasteiger partial charge in [-0.25, -0.2) is 0 Å².